The van der Waals surface area contributed by atoms with E-state index in [4.69, 9.17) is 9.47 Å². The van der Waals surface area contributed by atoms with E-state index in [1.165, 1.54) is 0 Å². The predicted octanol–water partition coefficient (Wildman–Crippen LogP) is 5.31. The van der Waals surface area contributed by atoms with E-state index in [1.807, 2.05) is 60.7 Å². The van der Waals surface area contributed by atoms with Crippen molar-refractivity contribution in [3.05, 3.63) is 88.4 Å². The molecule has 0 saturated heterocycles. The van der Waals surface area contributed by atoms with Crippen LogP contribution in [0.4, 0.5) is 0 Å². The molecule has 0 unspecified atom stereocenters. The van der Waals surface area contributed by atoms with Crippen molar-refractivity contribution >= 4 is 15.9 Å². The lowest BCUT2D eigenvalue weighted by Crippen LogP contribution is -2.00. The fraction of sp³-hybridized carbons (Fsp3) is 0.100. The zero-order chi connectivity index (χ0) is 16.8. The summed E-state index contributed by atoms with van der Waals surface area (Å²) in [4.78, 5) is 0. The Morgan fingerprint density at radius 2 is 1.17 bits per heavy atom. The Balaban J connectivity index is 1.75. The number of halogens is 1. The minimum absolute atomic E-state index is 0.116. The summed E-state index contributed by atoms with van der Waals surface area (Å²) in [7, 11) is 0. The normalized spacial score (nSPS) is 10.4. The van der Waals surface area contributed by atoms with Gasteiger partial charge >= 0.3 is 0 Å². The highest BCUT2D eigenvalue weighted by Crippen LogP contribution is 2.38. The Labute approximate surface area is 149 Å². The zero-order valence-corrected chi connectivity index (χ0v) is 14.6. The van der Waals surface area contributed by atoms with Crippen molar-refractivity contribution in [2.24, 2.45) is 0 Å². The number of phenolic OH excluding ortho intramolecular Hbond substituents is 1. The number of hydrogen-bond acceptors (Lipinski definition) is 3. The summed E-state index contributed by atoms with van der Waals surface area (Å²) in [5.74, 6) is 1.21. The van der Waals surface area contributed by atoms with Gasteiger partial charge in [-0.1, -0.05) is 60.7 Å². The second-order valence-corrected chi connectivity index (χ2v) is 6.15. The summed E-state index contributed by atoms with van der Waals surface area (Å²) < 4.78 is 12.3. The third kappa shape index (κ3) is 4.30. The standard InChI is InChI=1S/C20H17BrO3/c21-17-11-19(23-13-15-7-3-1-4-8-15)20(12-18(17)22)24-14-16-9-5-2-6-10-16/h1-12,22H,13-14H2. The van der Waals surface area contributed by atoms with E-state index in [2.05, 4.69) is 15.9 Å². The van der Waals surface area contributed by atoms with Crippen LogP contribution in [0.25, 0.3) is 0 Å². The summed E-state index contributed by atoms with van der Waals surface area (Å²) in [6.45, 7) is 0.837. The molecule has 0 saturated carbocycles. The lowest BCUT2D eigenvalue weighted by molar-refractivity contribution is 0.254. The average Bonchev–Trinajstić information content (AvgIpc) is 2.63. The summed E-state index contributed by atoms with van der Waals surface area (Å²) >= 11 is 3.32. The Kier molecular flexibility index (Phi) is 5.39. The number of rotatable bonds is 6. The number of benzene rings is 3. The van der Waals surface area contributed by atoms with Crippen LogP contribution in [0.1, 0.15) is 11.1 Å². The van der Waals surface area contributed by atoms with Crippen LogP contribution >= 0.6 is 15.9 Å². The van der Waals surface area contributed by atoms with E-state index >= 15 is 0 Å². The van der Waals surface area contributed by atoms with Crippen molar-refractivity contribution < 1.29 is 14.6 Å². The summed E-state index contributed by atoms with van der Waals surface area (Å²) in [5.41, 5.74) is 2.12. The molecule has 24 heavy (non-hydrogen) atoms. The first-order valence-corrected chi connectivity index (χ1v) is 8.37. The van der Waals surface area contributed by atoms with Gasteiger partial charge in [-0.15, -0.1) is 0 Å². The van der Waals surface area contributed by atoms with Crippen LogP contribution in [0.15, 0.2) is 77.3 Å². The molecule has 0 aliphatic heterocycles. The van der Waals surface area contributed by atoms with Gasteiger partial charge in [-0.2, -0.15) is 0 Å². The second-order valence-electron chi connectivity index (χ2n) is 5.30. The molecule has 3 aromatic rings. The molecule has 4 heteroatoms. The molecule has 0 radical (unpaired) electrons. The molecule has 0 fully saturated rings. The second kappa shape index (κ2) is 7.88. The Hall–Kier alpha value is -2.46. The maximum Gasteiger partial charge on any atom is 0.165 e. The molecular formula is C20H17BrO3. The van der Waals surface area contributed by atoms with Crippen molar-refractivity contribution in [2.45, 2.75) is 13.2 Å². The summed E-state index contributed by atoms with van der Waals surface area (Å²) in [6, 6.07) is 23.1. The van der Waals surface area contributed by atoms with Crippen molar-refractivity contribution in [2.75, 3.05) is 0 Å². The van der Waals surface area contributed by atoms with Gasteiger partial charge in [0.15, 0.2) is 11.5 Å². The minimum atomic E-state index is 0.116. The fourth-order valence-electron chi connectivity index (χ4n) is 2.22. The summed E-state index contributed by atoms with van der Waals surface area (Å²) in [6.07, 6.45) is 0. The van der Waals surface area contributed by atoms with E-state index < -0.39 is 0 Å². The van der Waals surface area contributed by atoms with Gasteiger partial charge in [-0.25, -0.2) is 0 Å². The lowest BCUT2D eigenvalue weighted by atomic mass is 10.2. The van der Waals surface area contributed by atoms with Crippen LogP contribution in [0, 0.1) is 0 Å². The molecular weight excluding hydrogens is 368 g/mol. The van der Waals surface area contributed by atoms with Crippen LogP contribution in [0.5, 0.6) is 17.2 Å². The molecule has 0 amide bonds. The molecule has 0 atom stereocenters. The minimum Gasteiger partial charge on any atom is -0.507 e. The molecule has 0 bridgehead atoms. The SMILES string of the molecule is Oc1cc(OCc2ccccc2)c(OCc2ccccc2)cc1Br. The number of phenols is 1. The van der Waals surface area contributed by atoms with Gasteiger partial charge in [0.1, 0.15) is 19.0 Å². The van der Waals surface area contributed by atoms with Gasteiger partial charge in [0.2, 0.25) is 0 Å². The van der Waals surface area contributed by atoms with Crippen LogP contribution in [-0.4, -0.2) is 5.11 Å². The Bertz CT molecular complexity index is 720. The van der Waals surface area contributed by atoms with Gasteiger partial charge in [-0.3, -0.25) is 0 Å². The molecule has 0 heterocycles. The summed E-state index contributed by atoms with van der Waals surface area (Å²) in [5, 5.41) is 9.92. The van der Waals surface area contributed by atoms with E-state index in [0.717, 1.165) is 11.1 Å². The molecule has 1 N–H and O–H groups in total. The molecule has 0 aliphatic rings. The highest BCUT2D eigenvalue weighted by Gasteiger charge is 2.11. The molecule has 0 aromatic heterocycles. The average molecular weight is 385 g/mol. The first kappa shape index (κ1) is 16.4. The first-order valence-electron chi connectivity index (χ1n) is 7.58. The van der Waals surface area contributed by atoms with Crippen molar-refractivity contribution in [1.82, 2.24) is 0 Å². The Morgan fingerprint density at radius 3 is 1.67 bits per heavy atom. The highest BCUT2D eigenvalue weighted by atomic mass is 79.9. The maximum absolute atomic E-state index is 9.92. The van der Waals surface area contributed by atoms with Crippen LogP contribution in [-0.2, 0) is 13.2 Å². The van der Waals surface area contributed by atoms with Crippen LogP contribution in [0.3, 0.4) is 0 Å². The van der Waals surface area contributed by atoms with Gasteiger partial charge in [0.25, 0.3) is 0 Å². The van der Waals surface area contributed by atoms with Crippen molar-refractivity contribution in [1.29, 1.82) is 0 Å². The number of ether oxygens (including phenoxy) is 2. The monoisotopic (exact) mass is 384 g/mol. The number of hydrogen-bond donors (Lipinski definition) is 1. The molecule has 3 rings (SSSR count). The van der Waals surface area contributed by atoms with E-state index in [-0.39, 0.29) is 5.75 Å². The topological polar surface area (TPSA) is 38.7 Å². The van der Waals surface area contributed by atoms with Gasteiger partial charge in [-0.05, 0) is 27.1 Å². The largest absolute Gasteiger partial charge is 0.507 e. The van der Waals surface area contributed by atoms with Crippen molar-refractivity contribution in [3.8, 4) is 17.2 Å². The quantitative estimate of drug-likeness (QED) is 0.625. The fourth-order valence-corrected chi connectivity index (χ4v) is 2.54. The molecule has 0 spiro atoms. The predicted molar refractivity (Wildman–Crippen MR) is 97.4 cm³/mol. The highest BCUT2D eigenvalue weighted by molar-refractivity contribution is 9.10. The van der Waals surface area contributed by atoms with Gasteiger partial charge in [0, 0.05) is 12.1 Å². The smallest absolute Gasteiger partial charge is 0.165 e. The van der Waals surface area contributed by atoms with Gasteiger partial charge < -0.3 is 14.6 Å². The molecule has 0 aliphatic carbocycles. The zero-order valence-electron chi connectivity index (χ0n) is 13.0. The van der Waals surface area contributed by atoms with Crippen LogP contribution < -0.4 is 9.47 Å². The third-order valence-electron chi connectivity index (χ3n) is 3.49. The molecule has 3 aromatic carbocycles. The number of aromatic hydroxyl groups is 1. The first-order chi connectivity index (χ1) is 11.7. The lowest BCUT2D eigenvalue weighted by Gasteiger charge is -2.14. The van der Waals surface area contributed by atoms with Gasteiger partial charge in [0.05, 0.1) is 4.47 Å². The molecule has 122 valence electrons. The third-order valence-corrected chi connectivity index (χ3v) is 4.12. The van der Waals surface area contributed by atoms with Crippen LogP contribution in [0.2, 0.25) is 0 Å². The van der Waals surface area contributed by atoms with E-state index in [9.17, 15) is 5.11 Å². The van der Waals surface area contributed by atoms with Crippen molar-refractivity contribution in [3.63, 3.8) is 0 Å². The van der Waals surface area contributed by atoms with E-state index in [1.54, 1.807) is 12.1 Å². The maximum atomic E-state index is 9.92. The van der Waals surface area contributed by atoms with E-state index in [0.29, 0.717) is 29.2 Å². The molecule has 3 nitrogen and oxygen atoms in total. The Morgan fingerprint density at radius 1 is 0.708 bits per heavy atom.